The van der Waals surface area contributed by atoms with E-state index in [0.717, 1.165) is 39.7 Å². The molecule has 4 rings (SSSR count). The summed E-state index contributed by atoms with van der Waals surface area (Å²) in [5, 5.41) is 4.24. The van der Waals surface area contributed by atoms with Crippen molar-refractivity contribution in [2.45, 2.75) is 41.5 Å². The number of carbonyl (C=O) groups is 1. The van der Waals surface area contributed by atoms with Gasteiger partial charge in [0.15, 0.2) is 0 Å². The van der Waals surface area contributed by atoms with Crippen LogP contribution in [-0.2, 0) is 0 Å². The van der Waals surface area contributed by atoms with Gasteiger partial charge in [-0.05, 0) is 101 Å². The molecule has 0 saturated heterocycles. The Bertz CT molecular complexity index is 1330. The highest BCUT2D eigenvalue weighted by Crippen LogP contribution is 2.22. The number of hydrazone groups is 1. The molecule has 33 heavy (non-hydrogen) atoms. The van der Waals surface area contributed by atoms with Crippen LogP contribution in [0.4, 0.5) is 0 Å². The summed E-state index contributed by atoms with van der Waals surface area (Å²) < 4.78 is 4.34. The van der Waals surface area contributed by atoms with Crippen LogP contribution in [0.3, 0.4) is 0 Å². The van der Waals surface area contributed by atoms with Crippen LogP contribution in [-0.4, -0.2) is 21.3 Å². The van der Waals surface area contributed by atoms with Crippen molar-refractivity contribution in [3.63, 3.8) is 0 Å². The first-order valence-electron chi connectivity index (χ1n) is 11.1. The molecule has 1 amide bonds. The summed E-state index contributed by atoms with van der Waals surface area (Å²) >= 11 is 0. The van der Waals surface area contributed by atoms with Crippen molar-refractivity contribution in [1.29, 1.82) is 0 Å². The number of carbonyl (C=O) groups excluding carboxylic acids is 1. The predicted molar refractivity (Wildman–Crippen MR) is 135 cm³/mol. The fraction of sp³-hybridized carbons (Fsp3) is 0.214. The minimum absolute atomic E-state index is 0.237. The highest BCUT2D eigenvalue weighted by Gasteiger charge is 2.11. The van der Waals surface area contributed by atoms with Crippen LogP contribution in [0.2, 0.25) is 0 Å². The number of rotatable bonds is 5. The van der Waals surface area contributed by atoms with E-state index in [1.54, 1.807) is 12.3 Å². The minimum Gasteiger partial charge on any atom is -0.318 e. The van der Waals surface area contributed by atoms with Crippen molar-refractivity contribution < 1.29 is 4.79 Å². The molecular weight excluding hydrogens is 408 g/mol. The van der Waals surface area contributed by atoms with Crippen LogP contribution in [0, 0.1) is 41.5 Å². The Balaban J connectivity index is 1.54. The number of hydrogen-bond donors (Lipinski definition) is 1. The maximum absolute atomic E-state index is 12.7. The Labute approximate surface area is 195 Å². The van der Waals surface area contributed by atoms with E-state index in [-0.39, 0.29) is 5.91 Å². The van der Waals surface area contributed by atoms with E-state index >= 15 is 0 Å². The van der Waals surface area contributed by atoms with E-state index in [1.807, 2.05) is 18.2 Å². The molecule has 2 aromatic heterocycles. The standard InChI is InChI=1S/C28H30N4O/c1-18-12-19(2)14-27(13-18)32-22(5)15-25(23(32)6)17-29-30-28(33)24-8-7-9-26(16-24)31-20(3)10-11-21(31)4/h7-17H,1-6H3,(H,30,33)/b29-17-. The van der Waals surface area contributed by atoms with E-state index < -0.39 is 0 Å². The predicted octanol–water partition coefficient (Wildman–Crippen LogP) is 5.88. The lowest BCUT2D eigenvalue weighted by molar-refractivity contribution is 0.0955. The summed E-state index contributed by atoms with van der Waals surface area (Å²) in [6.07, 6.45) is 1.71. The Kier molecular flexibility index (Phi) is 6.05. The third-order valence-corrected chi connectivity index (χ3v) is 5.94. The zero-order valence-corrected chi connectivity index (χ0v) is 20.1. The molecule has 0 aliphatic rings. The average Bonchev–Trinajstić information content (AvgIpc) is 3.24. The lowest BCUT2D eigenvalue weighted by atomic mass is 10.1. The Morgan fingerprint density at radius 3 is 2.09 bits per heavy atom. The largest absolute Gasteiger partial charge is 0.318 e. The van der Waals surface area contributed by atoms with Crippen LogP contribution in [0.25, 0.3) is 11.4 Å². The first-order valence-corrected chi connectivity index (χ1v) is 11.1. The van der Waals surface area contributed by atoms with E-state index in [9.17, 15) is 4.79 Å². The van der Waals surface area contributed by atoms with E-state index in [4.69, 9.17) is 0 Å². The van der Waals surface area contributed by atoms with Gasteiger partial charge in [0.2, 0.25) is 0 Å². The zero-order valence-electron chi connectivity index (χ0n) is 20.1. The van der Waals surface area contributed by atoms with Crippen molar-refractivity contribution in [3.8, 4) is 11.4 Å². The molecule has 4 aromatic rings. The van der Waals surface area contributed by atoms with Gasteiger partial charge in [-0.15, -0.1) is 0 Å². The van der Waals surface area contributed by atoms with Gasteiger partial charge in [0.25, 0.3) is 5.91 Å². The molecule has 0 radical (unpaired) electrons. The molecule has 0 saturated carbocycles. The van der Waals surface area contributed by atoms with E-state index in [2.05, 4.69) is 97.6 Å². The lowest BCUT2D eigenvalue weighted by Crippen LogP contribution is -2.18. The molecule has 168 valence electrons. The molecule has 0 aliphatic carbocycles. The van der Waals surface area contributed by atoms with Crippen molar-refractivity contribution >= 4 is 12.1 Å². The summed E-state index contributed by atoms with van der Waals surface area (Å²) in [5.41, 5.74) is 13.2. The van der Waals surface area contributed by atoms with E-state index in [1.165, 1.54) is 11.1 Å². The molecule has 5 heteroatoms. The molecule has 1 N–H and O–H groups in total. The lowest BCUT2D eigenvalue weighted by Gasteiger charge is -2.11. The summed E-state index contributed by atoms with van der Waals surface area (Å²) in [6, 6.07) is 20.3. The Hall–Kier alpha value is -3.86. The summed E-state index contributed by atoms with van der Waals surface area (Å²) in [6.45, 7) is 12.5. The van der Waals surface area contributed by atoms with Crippen molar-refractivity contribution in [2.24, 2.45) is 5.10 Å². The van der Waals surface area contributed by atoms with Gasteiger partial charge in [-0.1, -0.05) is 12.1 Å². The smallest absolute Gasteiger partial charge is 0.271 e. The first kappa shape index (κ1) is 22.3. The molecule has 2 heterocycles. The summed E-state index contributed by atoms with van der Waals surface area (Å²) in [7, 11) is 0. The third-order valence-electron chi connectivity index (χ3n) is 5.94. The Morgan fingerprint density at radius 1 is 0.758 bits per heavy atom. The summed E-state index contributed by atoms with van der Waals surface area (Å²) in [4.78, 5) is 12.7. The average molecular weight is 439 g/mol. The molecule has 0 fully saturated rings. The molecule has 0 spiro atoms. The number of nitrogens with one attached hydrogen (secondary N) is 1. The monoisotopic (exact) mass is 438 g/mol. The number of aromatic nitrogens is 2. The van der Waals surface area contributed by atoms with Gasteiger partial charge < -0.3 is 9.13 Å². The van der Waals surface area contributed by atoms with Crippen LogP contribution < -0.4 is 5.43 Å². The van der Waals surface area contributed by atoms with Gasteiger partial charge >= 0.3 is 0 Å². The quantitative estimate of drug-likeness (QED) is 0.307. The van der Waals surface area contributed by atoms with Gasteiger partial charge in [-0.3, -0.25) is 4.79 Å². The number of amides is 1. The zero-order chi connectivity index (χ0) is 23.7. The SMILES string of the molecule is Cc1cc(C)cc(-n2c(C)cc(/C=N\NC(=O)c3cccc(-n4c(C)ccc4C)c3)c2C)c1. The number of hydrogen-bond acceptors (Lipinski definition) is 2. The van der Waals surface area contributed by atoms with Crippen LogP contribution in [0.15, 0.2) is 65.8 Å². The fourth-order valence-electron chi connectivity index (χ4n) is 4.48. The van der Waals surface area contributed by atoms with E-state index in [0.29, 0.717) is 5.56 Å². The Morgan fingerprint density at radius 2 is 1.42 bits per heavy atom. The maximum atomic E-state index is 12.7. The van der Waals surface area contributed by atoms with Gasteiger partial charge in [0, 0.05) is 45.3 Å². The molecule has 0 aliphatic heterocycles. The molecule has 0 bridgehead atoms. The fourth-order valence-corrected chi connectivity index (χ4v) is 4.48. The molecule has 0 unspecified atom stereocenters. The second kappa shape index (κ2) is 8.94. The molecular formula is C28H30N4O. The summed E-state index contributed by atoms with van der Waals surface area (Å²) in [5.74, 6) is -0.237. The normalized spacial score (nSPS) is 11.3. The first-order chi connectivity index (χ1) is 15.7. The van der Waals surface area contributed by atoms with Crippen molar-refractivity contribution in [3.05, 3.63) is 106 Å². The minimum atomic E-state index is -0.237. The van der Waals surface area contributed by atoms with Gasteiger partial charge in [0.05, 0.1) is 6.21 Å². The topological polar surface area (TPSA) is 51.3 Å². The van der Waals surface area contributed by atoms with Gasteiger partial charge in [-0.2, -0.15) is 5.10 Å². The van der Waals surface area contributed by atoms with Crippen LogP contribution in [0.5, 0.6) is 0 Å². The van der Waals surface area contributed by atoms with Crippen molar-refractivity contribution in [2.75, 3.05) is 0 Å². The van der Waals surface area contributed by atoms with Gasteiger partial charge in [-0.25, -0.2) is 5.43 Å². The van der Waals surface area contributed by atoms with Crippen molar-refractivity contribution in [1.82, 2.24) is 14.6 Å². The highest BCUT2D eigenvalue weighted by atomic mass is 16.2. The van der Waals surface area contributed by atoms with Gasteiger partial charge in [0.1, 0.15) is 0 Å². The number of benzene rings is 2. The van der Waals surface area contributed by atoms with Crippen LogP contribution >= 0.6 is 0 Å². The highest BCUT2D eigenvalue weighted by molar-refractivity contribution is 5.95. The molecule has 5 nitrogen and oxygen atoms in total. The molecule has 0 atom stereocenters. The second-order valence-corrected chi connectivity index (χ2v) is 8.71. The second-order valence-electron chi connectivity index (χ2n) is 8.71. The maximum Gasteiger partial charge on any atom is 0.271 e. The molecule has 2 aromatic carbocycles. The number of nitrogens with zero attached hydrogens (tertiary/aromatic N) is 3. The number of aryl methyl sites for hydroxylation is 5. The van der Waals surface area contributed by atoms with Crippen LogP contribution in [0.1, 0.15) is 49.8 Å². The third kappa shape index (κ3) is 4.53.